The fourth-order valence-corrected chi connectivity index (χ4v) is 7.67. The van der Waals surface area contributed by atoms with Gasteiger partial charge in [-0.2, -0.15) is 5.26 Å². The molecular weight excluding hydrogens is 604 g/mol. The van der Waals surface area contributed by atoms with Gasteiger partial charge in [-0.15, -0.1) is 0 Å². The number of hydrogen-bond acceptors (Lipinski definition) is 7. The molecule has 2 aliphatic heterocycles. The minimum atomic E-state index is -0.345. The number of aryl methyl sites for hydroxylation is 1. The molecule has 4 aromatic heterocycles. The summed E-state index contributed by atoms with van der Waals surface area (Å²) in [4.78, 5) is 39.0. The molecule has 8 rings (SSSR count). The molecule has 1 saturated carbocycles. The maximum atomic E-state index is 13.8. The number of aromatic nitrogens is 4. The summed E-state index contributed by atoms with van der Waals surface area (Å²) >= 11 is 0. The van der Waals surface area contributed by atoms with Crippen LogP contribution in [0.5, 0.6) is 5.88 Å². The van der Waals surface area contributed by atoms with E-state index in [4.69, 9.17) is 25.7 Å². The first kappa shape index (κ1) is 30.1. The number of imidazole rings is 1. The van der Waals surface area contributed by atoms with E-state index in [1.54, 1.807) is 31.4 Å². The van der Waals surface area contributed by atoms with Gasteiger partial charge in [-0.25, -0.2) is 9.97 Å². The number of amides is 2. The molecule has 2 saturated heterocycles. The second kappa shape index (κ2) is 11.5. The van der Waals surface area contributed by atoms with Gasteiger partial charge in [0.25, 0.3) is 11.8 Å². The Morgan fingerprint density at radius 1 is 1.06 bits per heavy atom. The van der Waals surface area contributed by atoms with E-state index < -0.39 is 0 Å². The van der Waals surface area contributed by atoms with Gasteiger partial charge >= 0.3 is 0 Å². The standard InChI is InChI=1S/C37H38N8O3/c1-20(40-36(46)24-8-6-22(18-38)7-9-24)29-12-10-25-14-31(43(35(25)41-29)19-23-4-5-23)34-21(2)44-32(42-34)15-26(16-33(44)48-3)37(47)45-27-11-13-30(45)28(39)17-27/h6-10,12,14-16,20,23,27-28,30H,4-5,11,13,17,19,39H2,1-3H3,(H,40,46)/t20-,27+,28-,30?/m1/s1. The van der Waals surface area contributed by atoms with Crippen LogP contribution >= 0.6 is 0 Å². The number of pyridine rings is 2. The molecule has 244 valence electrons. The Morgan fingerprint density at radius 2 is 1.85 bits per heavy atom. The number of rotatable bonds is 8. The van der Waals surface area contributed by atoms with Crippen LogP contribution in [0.4, 0.5) is 0 Å². The summed E-state index contributed by atoms with van der Waals surface area (Å²) < 4.78 is 10.1. The number of carbonyl (C=O) groups is 2. The van der Waals surface area contributed by atoms with Gasteiger partial charge in [-0.05, 0) is 100 Å². The lowest BCUT2D eigenvalue weighted by atomic mass is 9.97. The highest BCUT2D eigenvalue weighted by Crippen LogP contribution is 2.40. The Hall–Kier alpha value is -5.21. The van der Waals surface area contributed by atoms with E-state index in [0.717, 1.165) is 59.6 Å². The van der Waals surface area contributed by atoms with Crippen molar-refractivity contribution in [1.29, 1.82) is 5.26 Å². The first-order chi connectivity index (χ1) is 23.2. The van der Waals surface area contributed by atoms with E-state index in [0.29, 0.717) is 34.1 Å². The molecule has 2 bridgehead atoms. The molecule has 48 heavy (non-hydrogen) atoms. The number of methoxy groups -OCH3 is 1. The Labute approximate surface area is 278 Å². The highest BCUT2D eigenvalue weighted by atomic mass is 16.5. The molecule has 0 radical (unpaired) electrons. The average Bonchev–Trinajstić information content (AvgIpc) is 3.42. The van der Waals surface area contributed by atoms with Gasteiger partial charge in [0.15, 0.2) is 5.88 Å². The maximum Gasteiger partial charge on any atom is 0.254 e. The molecule has 3 fully saturated rings. The summed E-state index contributed by atoms with van der Waals surface area (Å²) in [6, 6.07) is 18.4. The highest BCUT2D eigenvalue weighted by molar-refractivity contribution is 5.97. The highest BCUT2D eigenvalue weighted by Gasteiger charge is 2.47. The van der Waals surface area contributed by atoms with Gasteiger partial charge in [-0.1, -0.05) is 0 Å². The number of fused-ring (bicyclic) bond motifs is 4. The Morgan fingerprint density at radius 3 is 2.52 bits per heavy atom. The number of nitrogens with zero attached hydrogens (tertiary/aromatic N) is 6. The summed E-state index contributed by atoms with van der Waals surface area (Å²) in [5, 5.41) is 13.1. The van der Waals surface area contributed by atoms with Gasteiger partial charge in [0.1, 0.15) is 17.0 Å². The second-order valence-electron chi connectivity index (χ2n) is 13.6. The van der Waals surface area contributed by atoms with Crippen molar-refractivity contribution in [1.82, 2.24) is 29.2 Å². The summed E-state index contributed by atoms with van der Waals surface area (Å²) in [6.45, 7) is 4.76. The van der Waals surface area contributed by atoms with Crippen molar-refractivity contribution in [2.24, 2.45) is 11.7 Å². The van der Waals surface area contributed by atoms with Gasteiger partial charge in [0.05, 0.1) is 41.9 Å². The van der Waals surface area contributed by atoms with Crippen molar-refractivity contribution >= 4 is 28.5 Å². The monoisotopic (exact) mass is 642 g/mol. The van der Waals surface area contributed by atoms with Crippen molar-refractivity contribution in [2.75, 3.05) is 7.11 Å². The van der Waals surface area contributed by atoms with Gasteiger partial charge in [0.2, 0.25) is 0 Å². The smallest absolute Gasteiger partial charge is 0.254 e. The van der Waals surface area contributed by atoms with Gasteiger partial charge in [-0.3, -0.25) is 14.0 Å². The predicted octanol–water partition coefficient (Wildman–Crippen LogP) is 5.14. The molecule has 6 heterocycles. The van der Waals surface area contributed by atoms with Crippen LogP contribution in [0.1, 0.15) is 82.7 Å². The van der Waals surface area contributed by atoms with E-state index in [9.17, 15) is 9.59 Å². The van der Waals surface area contributed by atoms with Gasteiger partial charge < -0.3 is 25.3 Å². The van der Waals surface area contributed by atoms with Crippen LogP contribution in [0.3, 0.4) is 0 Å². The Balaban J connectivity index is 1.15. The van der Waals surface area contributed by atoms with Crippen molar-refractivity contribution in [2.45, 2.75) is 76.7 Å². The third kappa shape index (κ3) is 4.99. The van der Waals surface area contributed by atoms with E-state index in [1.807, 2.05) is 47.4 Å². The first-order valence-electron chi connectivity index (χ1n) is 16.7. The molecule has 1 aliphatic carbocycles. The Bertz CT molecular complexity index is 2140. The molecule has 1 aromatic carbocycles. The van der Waals surface area contributed by atoms with Crippen LogP contribution in [0, 0.1) is 24.2 Å². The molecule has 0 spiro atoms. The fraction of sp³-hybridized carbons (Fsp3) is 0.378. The third-order valence-corrected chi connectivity index (χ3v) is 10.4. The molecular formula is C37H38N8O3. The minimum Gasteiger partial charge on any atom is -0.482 e. The van der Waals surface area contributed by atoms with Crippen molar-refractivity contribution in [3.63, 3.8) is 0 Å². The topological polar surface area (TPSA) is 144 Å². The summed E-state index contributed by atoms with van der Waals surface area (Å²) in [5.41, 5.74) is 12.8. The summed E-state index contributed by atoms with van der Waals surface area (Å²) in [7, 11) is 1.62. The number of hydrogen-bond donors (Lipinski definition) is 2. The lowest BCUT2D eigenvalue weighted by Crippen LogP contribution is -2.40. The van der Waals surface area contributed by atoms with Crippen molar-refractivity contribution in [3.05, 3.63) is 82.7 Å². The van der Waals surface area contributed by atoms with Crippen LogP contribution < -0.4 is 15.8 Å². The SMILES string of the molecule is COc1cc(C(=O)N2C3CC[C@H]2C[C@H]3N)cc2nc(-c3cc4ccc([C@@H](C)NC(=O)c5ccc(C#N)cc5)nc4n3CC3CC3)c(C)n12. The molecule has 4 atom stereocenters. The number of carbonyl (C=O) groups excluding carboxylic acids is 2. The number of nitriles is 1. The molecule has 11 heteroatoms. The number of ether oxygens (including phenoxy) is 1. The third-order valence-electron chi connectivity index (χ3n) is 10.4. The zero-order valence-electron chi connectivity index (χ0n) is 27.3. The van der Waals surface area contributed by atoms with Crippen LogP contribution in [0.2, 0.25) is 0 Å². The van der Waals surface area contributed by atoms with Crippen LogP contribution in [-0.2, 0) is 6.54 Å². The molecule has 3 N–H and O–H groups in total. The largest absolute Gasteiger partial charge is 0.482 e. The number of nitrogens with one attached hydrogen (secondary N) is 1. The number of benzene rings is 1. The summed E-state index contributed by atoms with van der Waals surface area (Å²) in [6.07, 6.45) is 5.14. The summed E-state index contributed by atoms with van der Waals surface area (Å²) in [5.74, 6) is 0.880. The first-order valence-corrected chi connectivity index (χ1v) is 16.7. The van der Waals surface area contributed by atoms with Gasteiger partial charge in [0, 0.05) is 47.2 Å². The van der Waals surface area contributed by atoms with E-state index >= 15 is 0 Å². The zero-order chi connectivity index (χ0) is 33.3. The Kier molecular flexibility index (Phi) is 7.22. The zero-order valence-corrected chi connectivity index (χ0v) is 27.3. The quantitative estimate of drug-likeness (QED) is 0.238. The minimum absolute atomic E-state index is 0.0153. The molecule has 2 amide bonds. The molecule has 5 aromatic rings. The molecule has 3 aliphatic rings. The molecule has 1 unspecified atom stereocenters. The van der Waals surface area contributed by atoms with Crippen LogP contribution in [0.15, 0.2) is 54.6 Å². The normalized spacial score (nSPS) is 20.7. The lowest BCUT2D eigenvalue weighted by molar-refractivity contribution is 0.0725. The van der Waals surface area contributed by atoms with E-state index in [-0.39, 0.29) is 36.0 Å². The van der Waals surface area contributed by atoms with Crippen LogP contribution in [0.25, 0.3) is 28.1 Å². The average molecular weight is 643 g/mol. The van der Waals surface area contributed by atoms with E-state index in [2.05, 4.69) is 22.0 Å². The van der Waals surface area contributed by atoms with Crippen molar-refractivity contribution < 1.29 is 14.3 Å². The van der Waals surface area contributed by atoms with Crippen molar-refractivity contribution in [3.8, 4) is 23.3 Å². The van der Waals surface area contributed by atoms with E-state index in [1.165, 1.54) is 12.8 Å². The predicted molar refractivity (Wildman–Crippen MR) is 181 cm³/mol. The fourth-order valence-electron chi connectivity index (χ4n) is 7.67. The lowest BCUT2D eigenvalue weighted by Gasteiger charge is -2.23. The molecule has 11 nitrogen and oxygen atoms in total. The number of nitrogens with two attached hydrogens (primary N) is 1. The maximum absolute atomic E-state index is 13.8. The second-order valence-corrected chi connectivity index (χ2v) is 13.6. The van der Waals surface area contributed by atoms with Crippen LogP contribution in [-0.4, -0.2) is 60.9 Å².